The van der Waals surface area contributed by atoms with E-state index in [4.69, 9.17) is 21.1 Å². The van der Waals surface area contributed by atoms with Gasteiger partial charge in [-0.1, -0.05) is 11.6 Å². The number of rotatable bonds is 5. The lowest BCUT2D eigenvalue weighted by Crippen LogP contribution is -2.41. The van der Waals surface area contributed by atoms with Crippen molar-refractivity contribution in [2.45, 2.75) is 0 Å². The van der Waals surface area contributed by atoms with Crippen LogP contribution in [-0.2, 0) is 0 Å². The number of amides is 2. The number of halogens is 1. The van der Waals surface area contributed by atoms with Gasteiger partial charge in [0, 0.05) is 16.7 Å². The van der Waals surface area contributed by atoms with Crippen molar-refractivity contribution in [3.05, 3.63) is 62.7 Å². The molecule has 0 aliphatic carbocycles. The van der Waals surface area contributed by atoms with Gasteiger partial charge in [-0.2, -0.15) is 0 Å². The van der Waals surface area contributed by atoms with Crippen molar-refractivity contribution in [2.75, 3.05) is 14.2 Å². The fourth-order valence-electron chi connectivity index (χ4n) is 2.06. The molecule has 0 aliphatic heterocycles. The molecule has 0 aliphatic rings. The van der Waals surface area contributed by atoms with Crippen molar-refractivity contribution in [3.8, 4) is 11.5 Å². The Morgan fingerprint density at radius 3 is 2.08 bits per heavy atom. The summed E-state index contributed by atoms with van der Waals surface area (Å²) in [7, 11) is 2.64. The molecule has 0 fully saturated rings. The van der Waals surface area contributed by atoms with Crippen LogP contribution >= 0.6 is 11.6 Å². The quantitative estimate of drug-likeness (QED) is 0.607. The number of nitro groups is 1. The number of nitrogens with zero attached hydrogens (tertiary/aromatic N) is 1. The highest BCUT2D eigenvalue weighted by Gasteiger charge is 2.25. The maximum absolute atomic E-state index is 12.3. The molecule has 0 aromatic heterocycles. The van der Waals surface area contributed by atoms with Crippen molar-refractivity contribution >= 4 is 29.1 Å². The van der Waals surface area contributed by atoms with E-state index in [1.807, 2.05) is 0 Å². The van der Waals surface area contributed by atoms with Crippen LogP contribution in [0.3, 0.4) is 0 Å². The van der Waals surface area contributed by atoms with Crippen LogP contribution in [0.15, 0.2) is 36.4 Å². The number of carbonyl (C=O) groups excluding carboxylic acids is 2. The summed E-state index contributed by atoms with van der Waals surface area (Å²) < 4.78 is 10.0. The second-order valence-corrected chi connectivity index (χ2v) is 5.33. The Hall–Kier alpha value is -3.33. The molecule has 0 atom stereocenters. The molecule has 0 bridgehead atoms. The first-order valence-corrected chi connectivity index (χ1v) is 7.51. The second kappa shape index (κ2) is 8.17. The second-order valence-electron chi connectivity index (χ2n) is 4.90. The summed E-state index contributed by atoms with van der Waals surface area (Å²) in [4.78, 5) is 34.7. The number of methoxy groups -OCH3 is 2. The Kier molecular flexibility index (Phi) is 5.97. The van der Waals surface area contributed by atoms with Gasteiger partial charge in [0.05, 0.1) is 25.2 Å². The lowest BCUT2D eigenvalue weighted by atomic mass is 10.1. The largest absolute Gasteiger partial charge is 0.493 e. The highest BCUT2D eigenvalue weighted by molar-refractivity contribution is 6.30. The van der Waals surface area contributed by atoms with Gasteiger partial charge in [0.15, 0.2) is 11.5 Å². The van der Waals surface area contributed by atoms with E-state index in [1.165, 1.54) is 38.5 Å². The van der Waals surface area contributed by atoms with Gasteiger partial charge in [0.25, 0.3) is 17.5 Å². The van der Waals surface area contributed by atoms with Crippen LogP contribution in [0.4, 0.5) is 5.69 Å². The van der Waals surface area contributed by atoms with E-state index in [2.05, 4.69) is 10.9 Å². The molecule has 0 saturated heterocycles. The molecule has 0 spiro atoms. The molecule has 2 rings (SSSR count). The first-order valence-electron chi connectivity index (χ1n) is 7.14. The molecule has 0 heterocycles. The minimum Gasteiger partial charge on any atom is -0.493 e. The van der Waals surface area contributed by atoms with E-state index in [-0.39, 0.29) is 22.6 Å². The molecular weight excluding hydrogens is 366 g/mol. The van der Waals surface area contributed by atoms with Crippen LogP contribution in [0.5, 0.6) is 11.5 Å². The van der Waals surface area contributed by atoms with E-state index < -0.39 is 22.4 Å². The maximum atomic E-state index is 12.3. The van der Waals surface area contributed by atoms with E-state index in [9.17, 15) is 19.7 Å². The number of hydrogen-bond donors (Lipinski definition) is 2. The van der Waals surface area contributed by atoms with Gasteiger partial charge in [0.1, 0.15) is 5.56 Å². The number of hydrazine groups is 1. The van der Waals surface area contributed by atoms with Gasteiger partial charge < -0.3 is 9.47 Å². The number of carbonyl (C=O) groups is 2. The summed E-state index contributed by atoms with van der Waals surface area (Å²) >= 11 is 5.74. The van der Waals surface area contributed by atoms with Crippen LogP contribution in [0.2, 0.25) is 5.02 Å². The molecule has 2 amide bonds. The average molecular weight is 380 g/mol. The van der Waals surface area contributed by atoms with E-state index in [0.717, 1.165) is 12.1 Å². The molecule has 9 nitrogen and oxygen atoms in total. The minimum atomic E-state index is -0.889. The number of benzene rings is 2. The van der Waals surface area contributed by atoms with Crippen LogP contribution in [0.25, 0.3) is 0 Å². The van der Waals surface area contributed by atoms with Crippen LogP contribution in [0.1, 0.15) is 20.7 Å². The van der Waals surface area contributed by atoms with Crippen molar-refractivity contribution in [2.24, 2.45) is 0 Å². The zero-order valence-corrected chi connectivity index (χ0v) is 14.5. The lowest BCUT2D eigenvalue weighted by Gasteiger charge is -2.11. The van der Waals surface area contributed by atoms with E-state index in [0.29, 0.717) is 5.02 Å². The van der Waals surface area contributed by atoms with Gasteiger partial charge in [-0.05, 0) is 24.3 Å². The standard InChI is InChI=1S/C16H14ClN3O6/c1-25-13-7-11(12(20(23)24)8-14(13)26-2)16(22)19-18-15(21)9-3-5-10(17)6-4-9/h3-8H,1-2H3,(H,18,21)(H,19,22). The molecule has 10 heteroatoms. The van der Waals surface area contributed by atoms with E-state index in [1.54, 1.807) is 0 Å². The van der Waals surface area contributed by atoms with E-state index >= 15 is 0 Å². The zero-order chi connectivity index (χ0) is 19.3. The molecule has 136 valence electrons. The fraction of sp³-hybridized carbons (Fsp3) is 0.125. The maximum Gasteiger partial charge on any atom is 0.286 e. The highest BCUT2D eigenvalue weighted by Crippen LogP contribution is 2.34. The highest BCUT2D eigenvalue weighted by atomic mass is 35.5. The summed E-state index contributed by atoms with van der Waals surface area (Å²) in [5.41, 5.74) is 3.74. The zero-order valence-electron chi connectivity index (χ0n) is 13.7. The number of nitro benzene ring substituents is 1. The van der Waals surface area contributed by atoms with Gasteiger partial charge in [-0.15, -0.1) is 0 Å². The summed E-state index contributed by atoms with van der Waals surface area (Å²) in [6.07, 6.45) is 0. The molecule has 2 N–H and O–H groups in total. The number of ether oxygens (including phenoxy) is 2. The molecular formula is C16H14ClN3O6. The average Bonchev–Trinajstić information content (AvgIpc) is 2.65. The third kappa shape index (κ3) is 4.19. The van der Waals surface area contributed by atoms with Crippen LogP contribution < -0.4 is 20.3 Å². The molecule has 0 saturated carbocycles. The fourth-order valence-corrected chi connectivity index (χ4v) is 2.18. The van der Waals surface area contributed by atoms with Gasteiger partial charge in [0.2, 0.25) is 0 Å². The minimum absolute atomic E-state index is 0.0981. The third-order valence-corrected chi connectivity index (χ3v) is 3.59. The normalized spacial score (nSPS) is 9.96. The van der Waals surface area contributed by atoms with Crippen molar-refractivity contribution in [3.63, 3.8) is 0 Å². The van der Waals surface area contributed by atoms with Crippen LogP contribution in [-0.4, -0.2) is 31.0 Å². The number of hydrogen-bond acceptors (Lipinski definition) is 6. The van der Waals surface area contributed by atoms with Crippen LogP contribution in [0, 0.1) is 10.1 Å². The predicted molar refractivity (Wildman–Crippen MR) is 92.6 cm³/mol. The molecule has 26 heavy (non-hydrogen) atoms. The predicted octanol–water partition coefficient (Wildman–Crippen LogP) is 2.34. The molecule has 0 radical (unpaired) electrons. The smallest absolute Gasteiger partial charge is 0.286 e. The lowest BCUT2D eigenvalue weighted by molar-refractivity contribution is -0.385. The third-order valence-electron chi connectivity index (χ3n) is 3.34. The van der Waals surface area contributed by atoms with Gasteiger partial charge in [-0.25, -0.2) is 0 Å². The SMILES string of the molecule is COc1cc(C(=O)NNC(=O)c2ccc(Cl)cc2)c([N+](=O)[O-])cc1OC. The van der Waals surface area contributed by atoms with Crippen molar-refractivity contribution < 1.29 is 24.0 Å². The van der Waals surface area contributed by atoms with Crippen molar-refractivity contribution in [1.82, 2.24) is 10.9 Å². The Labute approximate surface area is 153 Å². The summed E-state index contributed by atoms with van der Waals surface area (Å²) in [6.45, 7) is 0. The summed E-state index contributed by atoms with van der Waals surface area (Å²) in [5.74, 6) is -1.27. The Balaban J connectivity index is 2.21. The molecule has 2 aromatic carbocycles. The topological polar surface area (TPSA) is 120 Å². The van der Waals surface area contributed by atoms with Crippen molar-refractivity contribution in [1.29, 1.82) is 0 Å². The Bertz CT molecular complexity index is 854. The first kappa shape index (κ1) is 19.0. The van der Waals surface area contributed by atoms with Gasteiger partial charge >= 0.3 is 0 Å². The van der Waals surface area contributed by atoms with Gasteiger partial charge in [-0.3, -0.25) is 30.6 Å². The Morgan fingerprint density at radius 2 is 1.54 bits per heavy atom. The number of nitrogens with one attached hydrogen (secondary N) is 2. The monoisotopic (exact) mass is 379 g/mol. The Morgan fingerprint density at radius 1 is 1.00 bits per heavy atom. The summed E-state index contributed by atoms with van der Waals surface area (Å²) in [6, 6.07) is 8.16. The molecule has 2 aromatic rings. The summed E-state index contributed by atoms with van der Waals surface area (Å²) in [5, 5.41) is 11.7. The molecule has 0 unspecified atom stereocenters. The first-order chi connectivity index (χ1) is 12.4.